The molecule has 5 rings (SSSR count). The van der Waals surface area contributed by atoms with Gasteiger partial charge in [-0.25, -0.2) is 27.6 Å². The molecule has 2 saturated heterocycles. The number of carbonyl (C=O) groups is 3. The molecule has 1 amide bonds. The van der Waals surface area contributed by atoms with Crippen molar-refractivity contribution in [2.45, 2.75) is 68.0 Å². The maximum Gasteiger partial charge on any atom is 0.512 e. The quantitative estimate of drug-likeness (QED) is 0.0719. The first-order valence-corrected chi connectivity index (χ1v) is 21.6. The van der Waals surface area contributed by atoms with Crippen molar-refractivity contribution in [3.05, 3.63) is 101 Å². The zero-order chi connectivity index (χ0) is 44.0. The molecule has 328 valence electrons. The van der Waals surface area contributed by atoms with Gasteiger partial charge in [0.05, 0.1) is 48.8 Å². The standard InChI is InChI=1S/C40H44F3N5O11S2/c1-27(60-32-21-55-38(56-22-32)5-3-2-4-30-7-6-29(20-44)18-34(30)42)40(23-48-25-45-24-46-48,33-9-8-31(41)19-35(33)43)59-39(51)58-26-57-37(50)11-10-36(49)47-15-12-28(13-16-47)14-17-61(52,53)54/h2-9,18-19,24-25,27-28,32,38H,10-17,21-23,26H2,1H3,(H,52,53,54)/b4-2+,5-3+/t27-,32?,38?,40-/m1/s1. The fourth-order valence-electron chi connectivity index (χ4n) is 6.67. The maximum absolute atomic E-state index is 15.7. The second-order valence-corrected chi connectivity index (χ2v) is 17.4. The number of likely N-dealkylation sites (tertiary alicyclic amines) is 1. The minimum absolute atomic E-state index is 0.0346. The molecule has 3 aromatic rings. The molecule has 2 atom stereocenters. The number of rotatable bonds is 18. The van der Waals surface area contributed by atoms with E-state index in [1.54, 1.807) is 30.1 Å². The van der Waals surface area contributed by atoms with E-state index in [9.17, 15) is 31.6 Å². The summed E-state index contributed by atoms with van der Waals surface area (Å²) in [6.45, 7) is 1.44. The first-order valence-electron chi connectivity index (χ1n) is 19.1. The normalized spacial score (nSPS) is 19.0. The lowest BCUT2D eigenvalue weighted by atomic mass is 9.89. The van der Waals surface area contributed by atoms with Crippen molar-refractivity contribution in [3.63, 3.8) is 0 Å². The van der Waals surface area contributed by atoms with Crippen LogP contribution in [-0.4, -0.2) is 106 Å². The monoisotopic (exact) mass is 891 g/mol. The van der Waals surface area contributed by atoms with Gasteiger partial charge in [-0.05, 0) is 62.4 Å². The van der Waals surface area contributed by atoms with Crippen LogP contribution >= 0.6 is 11.8 Å². The topological polar surface area (TPSA) is 209 Å². The van der Waals surface area contributed by atoms with Crippen LogP contribution < -0.4 is 0 Å². The van der Waals surface area contributed by atoms with Crippen molar-refractivity contribution >= 4 is 46.0 Å². The summed E-state index contributed by atoms with van der Waals surface area (Å²) in [6.07, 6.45) is 7.59. The lowest BCUT2D eigenvalue weighted by molar-refractivity contribution is -0.157. The number of halogens is 3. The number of carbonyl (C=O) groups excluding carboxylic acids is 3. The number of allylic oxidation sites excluding steroid dienone is 2. The molecule has 0 unspecified atom stereocenters. The van der Waals surface area contributed by atoms with Gasteiger partial charge in [0.15, 0.2) is 11.9 Å². The Morgan fingerprint density at radius 2 is 1.82 bits per heavy atom. The Labute approximate surface area is 354 Å². The van der Waals surface area contributed by atoms with Crippen molar-refractivity contribution < 1.29 is 64.2 Å². The Hall–Kier alpha value is -5.27. The molecule has 0 bridgehead atoms. The van der Waals surface area contributed by atoms with Gasteiger partial charge in [0.25, 0.3) is 10.1 Å². The van der Waals surface area contributed by atoms with E-state index in [1.807, 2.05) is 6.07 Å². The van der Waals surface area contributed by atoms with Gasteiger partial charge in [-0.2, -0.15) is 18.8 Å². The third-order valence-electron chi connectivity index (χ3n) is 9.94. The number of benzene rings is 2. The van der Waals surface area contributed by atoms with Crippen LogP contribution in [0.25, 0.3) is 6.08 Å². The number of thioether (sulfide) groups is 1. The van der Waals surface area contributed by atoms with Crippen molar-refractivity contribution in [2.24, 2.45) is 5.92 Å². The zero-order valence-electron chi connectivity index (χ0n) is 32.9. The van der Waals surface area contributed by atoms with E-state index in [0.29, 0.717) is 32.0 Å². The van der Waals surface area contributed by atoms with Crippen LogP contribution in [0.2, 0.25) is 0 Å². The Bertz CT molecular complexity index is 2190. The minimum Gasteiger partial charge on any atom is -0.428 e. The Morgan fingerprint density at radius 3 is 2.48 bits per heavy atom. The molecule has 1 N–H and O–H groups in total. The zero-order valence-corrected chi connectivity index (χ0v) is 34.6. The van der Waals surface area contributed by atoms with E-state index < -0.39 is 63.6 Å². The smallest absolute Gasteiger partial charge is 0.428 e. The van der Waals surface area contributed by atoms with Gasteiger partial charge < -0.3 is 28.6 Å². The van der Waals surface area contributed by atoms with Gasteiger partial charge in [-0.3, -0.25) is 14.1 Å². The number of piperidine rings is 1. The molecule has 2 aromatic carbocycles. The van der Waals surface area contributed by atoms with E-state index in [1.165, 1.54) is 47.3 Å². The molecular weight excluding hydrogens is 848 g/mol. The third kappa shape index (κ3) is 14.1. The fourth-order valence-corrected chi connectivity index (χ4v) is 8.67. The molecule has 16 nitrogen and oxygen atoms in total. The largest absolute Gasteiger partial charge is 0.512 e. The van der Waals surface area contributed by atoms with E-state index in [-0.39, 0.29) is 78.5 Å². The summed E-state index contributed by atoms with van der Waals surface area (Å²) < 4.78 is 104. The summed E-state index contributed by atoms with van der Waals surface area (Å²) in [5, 5.41) is 11.8. The molecule has 0 aliphatic carbocycles. The van der Waals surface area contributed by atoms with Gasteiger partial charge in [-0.1, -0.05) is 24.3 Å². The highest BCUT2D eigenvalue weighted by molar-refractivity contribution is 8.00. The van der Waals surface area contributed by atoms with Gasteiger partial charge in [0.2, 0.25) is 12.7 Å². The second-order valence-electron chi connectivity index (χ2n) is 14.2. The molecule has 0 radical (unpaired) electrons. The average molecular weight is 892 g/mol. The summed E-state index contributed by atoms with van der Waals surface area (Å²) in [5.41, 5.74) is -1.67. The molecule has 21 heteroatoms. The molecule has 3 heterocycles. The molecule has 2 aliphatic heterocycles. The van der Waals surface area contributed by atoms with Crippen molar-refractivity contribution in [1.82, 2.24) is 19.7 Å². The first kappa shape index (κ1) is 46.8. The van der Waals surface area contributed by atoms with Crippen LogP contribution in [-0.2, 0) is 55.5 Å². The number of nitriles is 1. The van der Waals surface area contributed by atoms with E-state index in [2.05, 4.69) is 10.1 Å². The van der Waals surface area contributed by atoms with E-state index in [0.717, 1.165) is 18.2 Å². The average Bonchev–Trinajstić information content (AvgIpc) is 3.74. The Balaban J connectivity index is 1.17. The van der Waals surface area contributed by atoms with Crippen LogP contribution in [0.5, 0.6) is 0 Å². The number of nitrogens with zero attached hydrogens (tertiary/aromatic N) is 5. The molecule has 61 heavy (non-hydrogen) atoms. The van der Waals surface area contributed by atoms with Gasteiger partial charge in [-0.15, -0.1) is 11.8 Å². The SMILES string of the molecule is C[C@@H](SC1COC(/C=C/C=C/c2ccc(C#N)cc2F)OC1)[C@@](Cn1cncn1)(OC(=O)OCOC(=O)CCC(=O)N1CCC(CCS(=O)(=O)O)CC1)c1ccc(F)cc1F. The van der Waals surface area contributed by atoms with Gasteiger partial charge >= 0.3 is 12.1 Å². The summed E-state index contributed by atoms with van der Waals surface area (Å²) >= 11 is 1.22. The first-order chi connectivity index (χ1) is 29.1. The van der Waals surface area contributed by atoms with Gasteiger partial charge in [0, 0.05) is 42.0 Å². The summed E-state index contributed by atoms with van der Waals surface area (Å²) in [4.78, 5) is 44.0. The molecule has 0 saturated carbocycles. The highest BCUT2D eigenvalue weighted by atomic mass is 32.2. The summed E-state index contributed by atoms with van der Waals surface area (Å²) in [5.74, 6) is -3.94. The number of esters is 1. The maximum atomic E-state index is 15.7. The number of amides is 1. The number of hydrogen-bond donors (Lipinski definition) is 1. The molecule has 0 spiro atoms. The highest BCUT2D eigenvalue weighted by Gasteiger charge is 2.47. The third-order valence-corrected chi connectivity index (χ3v) is 12.1. The second kappa shape index (κ2) is 22.0. The fraction of sp³-hybridized carbons (Fsp3) is 0.450. The minimum atomic E-state index is -4.07. The molecule has 2 aliphatic rings. The van der Waals surface area contributed by atoms with Gasteiger partial charge in [0.1, 0.15) is 30.1 Å². The lowest BCUT2D eigenvalue weighted by Gasteiger charge is -2.40. The predicted octanol–water partition coefficient (Wildman–Crippen LogP) is 5.55. The van der Waals surface area contributed by atoms with Crippen molar-refractivity contribution in [2.75, 3.05) is 38.8 Å². The van der Waals surface area contributed by atoms with Crippen LogP contribution in [0.15, 0.2) is 67.3 Å². The van der Waals surface area contributed by atoms with Crippen LogP contribution in [0.4, 0.5) is 18.0 Å². The van der Waals surface area contributed by atoms with Crippen LogP contribution in [0, 0.1) is 34.7 Å². The highest BCUT2D eigenvalue weighted by Crippen LogP contribution is 2.42. The molecule has 2 fully saturated rings. The van der Waals surface area contributed by atoms with Crippen LogP contribution in [0.1, 0.15) is 55.7 Å². The number of aromatic nitrogens is 3. The predicted molar refractivity (Wildman–Crippen MR) is 212 cm³/mol. The molecule has 1 aromatic heterocycles. The summed E-state index contributed by atoms with van der Waals surface area (Å²) in [7, 11) is -4.07. The Kier molecular flexibility index (Phi) is 16.9. The number of hydrogen-bond acceptors (Lipinski definition) is 14. The van der Waals surface area contributed by atoms with E-state index in [4.69, 9.17) is 33.5 Å². The summed E-state index contributed by atoms with van der Waals surface area (Å²) in [6, 6.07) is 8.77. The van der Waals surface area contributed by atoms with Crippen molar-refractivity contribution in [3.8, 4) is 6.07 Å². The van der Waals surface area contributed by atoms with Crippen molar-refractivity contribution in [1.29, 1.82) is 5.26 Å². The van der Waals surface area contributed by atoms with Crippen LogP contribution in [0.3, 0.4) is 0 Å². The lowest BCUT2D eigenvalue weighted by Crippen LogP contribution is -2.47. The number of ether oxygens (including phenoxy) is 5. The Morgan fingerprint density at radius 1 is 1.07 bits per heavy atom. The molecular formula is C40H44F3N5O11S2. The van der Waals surface area contributed by atoms with E-state index >= 15 is 4.39 Å².